The molecule has 1 saturated heterocycles. The molecule has 0 bridgehead atoms. The van der Waals surface area contributed by atoms with E-state index in [1.165, 1.54) is 0 Å². The Morgan fingerprint density at radius 3 is 2.82 bits per heavy atom. The molecule has 1 amide bonds. The Labute approximate surface area is 136 Å². The number of hydrogen-bond donors (Lipinski definition) is 0. The van der Waals surface area contributed by atoms with E-state index in [1.807, 2.05) is 44.7 Å². The summed E-state index contributed by atoms with van der Waals surface area (Å²) in [6, 6.07) is 3.98. The SMILES string of the molecule is Cc1ccc(SC[C@@H]2CCCN(C(=O)OC(C)(C)C)C2)nn1. The van der Waals surface area contributed by atoms with Gasteiger partial charge in [0.15, 0.2) is 0 Å². The second-order valence-electron chi connectivity index (χ2n) is 6.76. The number of aromatic nitrogens is 2. The first-order valence-corrected chi connectivity index (χ1v) is 8.73. The molecule has 2 rings (SSSR count). The van der Waals surface area contributed by atoms with Gasteiger partial charge in [0, 0.05) is 18.8 Å². The van der Waals surface area contributed by atoms with E-state index >= 15 is 0 Å². The summed E-state index contributed by atoms with van der Waals surface area (Å²) in [6.45, 7) is 9.19. The number of nitrogens with zero attached hydrogens (tertiary/aromatic N) is 3. The fourth-order valence-corrected chi connectivity index (χ4v) is 3.30. The molecule has 1 atom stereocenters. The molecule has 1 aromatic heterocycles. The highest BCUT2D eigenvalue weighted by Gasteiger charge is 2.27. The second-order valence-corrected chi connectivity index (χ2v) is 7.80. The number of piperidine rings is 1. The lowest BCUT2D eigenvalue weighted by molar-refractivity contribution is 0.0177. The van der Waals surface area contributed by atoms with E-state index in [0.29, 0.717) is 5.92 Å². The van der Waals surface area contributed by atoms with Crippen molar-refractivity contribution in [3.63, 3.8) is 0 Å². The summed E-state index contributed by atoms with van der Waals surface area (Å²) in [5.74, 6) is 1.44. The number of ether oxygens (including phenoxy) is 1. The van der Waals surface area contributed by atoms with Crippen LogP contribution < -0.4 is 0 Å². The van der Waals surface area contributed by atoms with Crippen LogP contribution in [-0.2, 0) is 4.74 Å². The Bertz CT molecular complexity index is 499. The highest BCUT2D eigenvalue weighted by molar-refractivity contribution is 7.99. The van der Waals surface area contributed by atoms with Crippen molar-refractivity contribution in [2.45, 2.75) is 51.2 Å². The highest BCUT2D eigenvalue weighted by Crippen LogP contribution is 2.25. The van der Waals surface area contributed by atoms with Gasteiger partial charge in [-0.15, -0.1) is 16.9 Å². The first-order chi connectivity index (χ1) is 10.3. The summed E-state index contributed by atoms with van der Waals surface area (Å²) in [5, 5.41) is 9.19. The molecule has 22 heavy (non-hydrogen) atoms. The highest BCUT2D eigenvalue weighted by atomic mass is 32.2. The smallest absolute Gasteiger partial charge is 0.410 e. The third-order valence-electron chi connectivity index (χ3n) is 3.41. The predicted molar refractivity (Wildman–Crippen MR) is 88.0 cm³/mol. The van der Waals surface area contributed by atoms with Crippen LogP contribution in [0.2, 0.25) is 0 Å². The summed E-state index contributed by atoms with van der Waals surface area (Å²) in [7, 11) is 0. The zero-order valence-corrected chi connectivity index (χ0v) is 14.7. The van der Waals surface area contributed by atoms with Crippen molar-refractivity contribution in [1.82, 2.24) is 15.1 Å². The number of thioether (sulfide) groups is 1. The topological polar surface area (TPSA) is 55.3 Å². The minimum atomic E-state index is -0.434. The van der Waals surface area contributed by atoms with Crippen LogP contribution in [0.25, 0.3) is 0 Å². The minimum absolute atomic E-state index is 0.197. The maximum Gasteiger partial charge on any atom is 0.410 e. The number of likely N-dealkylation sites (tertiary alicyclic amines) is 1. The van der Waals surface area contributed by atoms with Crippen molar-refractivity contribution < 1.29 is 9.53 Å². The summed E-state index contributed by atoms with van der Waals surface area (Å²) >= 11 is 1.71. The maximum atomic E-state index is 12.1. The van der Waals surface area contributed by atoms with Gasteiger partial charge in [-0.25, -0.2) is 4.79 Å². The summed E-state index contributed by atoms with van der Waals surface area (Å²) in [5.41, 5.74) is 0.495. The number of aryl methyl sites for hydroxylation is 1. The Morgan fingerprint density at radius 1 is 1.41 bits per heavy atom. The van der Waals surface area contributed by atoms with Gasteiger partial charge in [0.2, 0.25) is 0 Å². The lowest BCUT2D eigenvalue weighted by Gasteiger charge is -2.34. The third kappa shape index (κ3) is 5.48. The number of carbonyl (C=O) groups excluding carboxylic acids is 1. The quantitative estimate of drug-likeness (QED) is 0.797. The molecule has 6 heteroatoms. The van der Waals surface area contributed by atoms with E-state index in [1.54, 1.807) is 11.8 Å². The lowest BCUT2D eigenvalue weighted by Crippen LogP contribution is -2.43. The Hall–Kier alpha value is -1.30. The Balaban J connectivity index is 1.82. The number of amides is 1. The molecule has 2 heterocycles. The summed E-state index contributed by atoms with van der Waals surface area (Å²) < 4.78 is 5.46. The minimum Gasteiger partial charge on any atom is -0.444 e. The molecule has 1 aliphatic rings. The van der Waals surface area contributed by atoms with Crippen molar-refractivity contribution in [3.05, 3.63) is 17.8 Å². The van der Waals surface area contributed by atoms with Crippen LogP contribution >= 0.6 is 11.8 Å². The average molecular weight is 323 g/mol. The first kappa shape index (κ1) is 17.1. The van der Waals surface area contributed by atoms with Crippen molar-refractivity contribution in [3.8, 4) is 0 Å². The zero-order chi connectivity index (χ0) is 16.2. The van der Waals surface area contributed by atoms with E-state index in [2.05, 4.69) is 10.2 Å². The molecule has 122 valence electrons. The van der Waals surface area contributed by atoms with Gasteiger partial charge in [0.25, 0.3) is 0 Å². The van der Waals surface area contributed by atoms with Crippen molar-refractivity contribution >= 4 is 17.9 Å². The molecule has 0 saturated carbocycles. The average Bonchev–Trinajstić information content (AvgIpc) is 2.45. The van der Waals surface area contributed by atoms with Crippen LogP contribution in [0.4, 0.5) is 4.79 Å². The zero-order valence-electron chi connectivity index (χ0n) is 13.8. The summed E-state index contributed by atoms with van der Waals surface area (Å²) in [4.78, 5) is 14.0. The van der Waals surface area contributed by atoms with Crippen molar-refractivity contribution in [1.29, 1.82) is 0 Å². The van der Waals surface area contributed by atoms with Crippen LogP contribution in [0.3, 0.4) is 0 Å². The number of hydrogen-bond acceptors (Lipinski definition) is 5. The monoisotopic (exact) mass is 323 g/mol. The van der Waals surface area contributed by atoms with E-state index in [4.69, 9.17) is 4.74 Å². The second kappa shape index (κ2) is 7.31. The van der Waals surface area contributed by atoms with E-state index < -0.39 is 5.60 Å². The van der Waals surface area contributed by atoms with Gasteiger partial charge in [-0.1, -0.05) is 0 Å². The van der Waals surface area contributed by atoms with Crippen LogP contribution in [0.1, 0.15) is 39.3 Å². The molecule has 5 nitrogen and oxygen atoms in total. The largest absolute Gasteiger partial charge is 0.444 e. The Kier molecular flexibility index (Phi) is 5.67. The summed E-state index contributed by atoms with van der Waals surface area (Å²) in [6.07, 6.45) is 1.98. The lowest BCUT2D eigenvalue weighted by atomic mass is 10.0. The van der Waals surface area contributed by atoms with E-state index in [9.17, 15) is 4.79 Å². The Morgan fingerprint density at radius 2 is 2.18 bits per heavy atom. The maximum absolute atomic E-state index is 12.1. The van der Waals surface area contributed by atoms with Gasteiger partial charge >= 0.3 is 6.09 Å². The van der Waals surface area contributed by atoms with Gasteiger partial charge in [0.05, 0.1) is 5.69 Å². The van der Waals surface area contributed by atoms with Gasteiger partial charge in [-0.3, -0.25) is 0 Å². The molecule has 0 N–H and O–H groups in total. The van der Waals surface area contributed by atoms with Crippen molar-refractivity contribution in [2.75, 3.05) is 18.8 Å². The molecule has 0 aliphatic carbocycles. The van der Waals surface area contributed by atoms with Gasteiger partial charge < -0.3 is 9.64 Å². The fraction of sp³-hybridized carbons (Fsp3) is 0.688. The normalized spacial score (nSPS) is 19.1. The molecular formula is C16H25N3O2S. The van der Waals surface area contributed by atoms with Crippen LogP contribution in [0.5, 0.6) is 0 Å². The number of rotatable bonds is 3. The predicted octanol–water partition coefficient (Wildman–Crippen LogP) is 3.52. The molecule has 1 aliphatic heterocycles. The van der Waals surface area contributed by atoms with Gasteiger partial charge in [0.1, 0.15) is 10.6 Å². The fourth-order valence-electron chi connectivity index (χ4n) is 2.36. The van der Waals surface area contributed by atoms with Gasteiger partial charge in [-0.2, -0.15) is 5.10 Å². The van der Waals surface area contributed by atoms with E-state index in [-0.39, 0.29) is 6.09 Å². The van der Waals surface area contributed by atoms with Crippen LogP contribution in [0.15, 0.2) is 17.2 Å². The van der Waals surface area contributed by atoms with Crippen molar-refractivity contribution in [2.24, 2.45) is 5.92 Å². The van der Waals surface area contributed by atoms with E-state index in [0.717, 1.165) is 42.4 Å². The standard InChI is InChI=1S/C16H25N3O2S/c1-12-7-8-14(18-17-12)22-11-13-6-5-9-19(10-13)15(20)21-16(2,3)4/h7-8,13H,5-6,9-11H2,1-4H3/t13-/m1/s1. The molecule has 0 unspecified atom stereocenters. The molecule has 1 aromatic rings. The van der Waals surface area contributed by atoms with Crippen LogP contribution in [-0.4, -0.2) is 45.6 Å². The molecule has 1 fully saturated rings. The number of carbonyl (C=O) groups is 1. The molecule has 0 radical (unpaired) electrons. The third-order valence-corrected chi connectivity index (χ3v) is 4.56. The molecule has 0 aromatic carbocycles. The van der Waals surface area contributed by atoms with Crippen LogP contribution in [0, 0.1) is 12.8 Å². The van der Waals surface area contributed by atoms with Gasteiger partial charge in [-0.05, 0) is 58.6 Å². The molecule has 0 spiro atoms. The molecular weight excluding hydrogens is 298 g/mol. The first-order valence-electron chi connectivity index (χ1n) is 7.74.